The molecular formula is C29H38FNO6Si. The minimum Gasteiger partial charge on any atom is -0.542 e. The molecule has 3 aromatic rings. The molecule has 9 heteroatoms. The van der Waals surface area contributed by atoms with Gasteiger partial charge in [0.25, 0.3) is 8.32 Å². The van der Waals surface area contributed by atoms with Crippen molar-refractivity contribution in [3.63, 3.8) is 0 Å². The van der Waals surface area contributed by atoms with E-state index in [-0.39, 0.29) is 27.9 Å². The Kier molecular flexibility index (Phi) is 8.02. The molecule has 0 N–H and O–H groups in total. The number of aryl methyl sites for hydroxylation is 2. The fraction of sp³-hybridized carbons (Fsp3) is 0.517. The van der Waals surface area contributed by atoms with Crippen molar-refractivity contribution in [1.82, 2.24) is 4.98 Å². The molecule has 2 heterocycles. The first kappa shape index (κ1) is 28.3. The molecule has 38 heavy (non-hydrogen) atoms. The van der Waals surface area contributed by atoms with Crippen LogP contribution in [-0.2, 0) is 9.47 Å². The van der Waals surface area contributed by atoms with E-state index in [0.29, 0.717) is 41.2 Å². The topological polar surface area (TPSA) is 80.0 Å². The van der Waals surface area contributed by atoms with E-state index in [0.717, 1.165) is 11.1 Å². The van der Waals surface area contributed by atoms with Gasteiger partial charge in [-0.15, -0.1) is 0 Å². The summed E-state index contributed by atoms with van der Waals surface area (Å²) in [7, 11) is -0.953. The Morgan fingerprint density at radius 2 is 1.61 bits per heavy atom. The molecule has 1 saturated heterocycles. The van der Waals surface area contributed by atoms with Gasteiger partial charge in [-0.3, -0.25) is 0 Å². The second kappa shape index (κ2) is 10.8. The lowest BCUT2D eigenvalue weighted by Gasteiger charge is -2.42. The molecule has 0 amide bonds. The number of nitrogens with zero attached hydrogens (tertiary/aromatic N) is 1. The van der Waals surface area contributed by atoms with Gasteiger partial charge in [-0.2, -0.15) is 4.98 Å². The van der Waals surface area contributed by atoms with Crippen LogP contribution in [-0.4, -0.2) is 33.6 Å². The lowest BCUT2D eigenvalue weighted by molar-refractivity contribution is -0.0452. The van der Waals surface area contributed by atoms with Gasteiger partial charge in [0.15, 0.2) is 6.29 Å². The zero-order chi connectivity index (χ0) is 27.9. The molecule has 7 nitrogen and oxygen atoms in total. The molecule has 206 valence electrons. The number of hydrogen-bond acceptors (Lipinski definition) is 7. The molecule has 4 rings (SSSR count). The molecule has 0 unspecified atom stereocenters. The minimum atomic E-state index is -2.45. The van der Waals surface area contributed by atoms with Crippen molar-refractivity contribution in [2.24, 2.45) is 0 Å². The number of rotatable bonds is 8. The number of aromatic nitrogens is 1. The molecule has 1 aromatic heterocycles. The van der Waals surface area contributed by atoms with Crippen LogP contribution >= 0.6 is 0 Å². The van der Waals surface area contributed by atoms with Crippen LogP contribution in [0.2, 0.25) is 16.6 Å². The van der Waals surface area contributed by atoms with Crippen molar-refractivity contribution >= 4 is 19.3 Å². The van der Waals surface area contributed by atoms with Crippen LogP contribution in [0.3, 0.4) is 0 Å². The summed E-state index contributed by atoms with van der Waals surface area (Å²) in [5.74, 6) is -0.492. The highest BCUT2D eigenvalue weighted by Gasteiger charge is 2.47. The summed E-state index contributed by atoms with van der Waals surface area (Å²) in [5, 5.41) is 0.456. The van der Waals surface area contributed by atoms with E-state index in [9.17, 15) is 4.79 Å². The smallest absolute Gasteiger partial charge is 0.439 e. The lowest BCUT2D eigenvalue weighted by Crippen LogP contribution is -2.50. The number of fused-ring (bicyclic) bond motifs is 1. The monoisotopic (exact) mass is 543 g/mol. The van der Waals surface area contributed by atoms with Crippen LogP contribution in [0.1, 0.15) is 64.5 Å². The number of ether oxygens (including phenoxy) is 3. The Morgan fingerprint density at radius 3 is 2.16 bits per heavy atom. The standard InChI is InChI=1S/C29H38FNO6Si/c1-15(2)38(16(3)4,17(5)6)37-22-14-18(7)19(8)27-25(22)26(31-29(32)36-27)23-20(30)10-11-21(33-9)24(23)28-34-12-13-35-28/h10-11,14-17,28H,12-13H2,1-9H3. The number of hydrogen-bond donors (Lipinski definition) is 0. The van der Waals surface area contributed by atoms with Gasteiger partial charge < -0.3 is 23.1 Å². The third kappa shape index (κ3) is 4.65. The maximum absolute atomic E-state index is 15.8. The van der Waals surface area contributed by atoms with Crippen LogP contribution in [0.15, 0.2) is 27.4 Å². The van der Waals surface area contributed by atoms with Gasteiger partial charge in [0, 0.05) is 5.56 Å². The molecule has 0 radical (unpaired) electrons. The molecule has 0 atom stereocenters. The second-order valence-corrected chi connectivity index (χ2v) is 16.3. The quantitative estimate of drug-likeness (QED) is 0.278. The average molecular weight is 544 g/mol. The third-order valence-electron chi connectivity index (χ3n) is 7.85. The first-order valence-electron chi connectivity index (χ1n) is 13.2. The van der Waals surface area contributed by atoms with Crippen LogP contribution in [0.25, 0.3) is 22.2 Å². The number of halogens is 1. The summed E-state index contributed by atoms with van der Waals surface area (Å²) < 4.78 is 45.8. The average Bonchev–Trinajstić information content (AvgIpc) is 3.38. The summed E-state index contributed by atoms with van der Waals surface area (Å²) >= 11 is 0. The van der Waals surface area contributed by atoms with Crippen molar-refractivity contribution < 1.29 is 27.4 Å². The van der Waals surface area contributed by atoms with Gasteiger partial charge in [0.05, 0.1) is 37.0 Å². The summed E-state index contributed by atoms with van der Waals surface area (Å²) in [6, 6.07) is 4.78. The number of methoxy groups -OCH3 is 1. The van der Waals surface area contributed by atoms with E-state index >= 15 is 4.39 Å². The Hall–Kier alpha value is -2.75. The van der Waals surface area contributed by atoms with Gasteiger partial charge in [-0.05, 0) is 59.8 Å². The minimum absolute atomic E-state index is 0.0770. The van der Waals surface area contributed by atoms with Crippen LogP contribution in [0.4, 0.5) is 4.39 Å². The van der Waals surface area contributed by atoms with E-state index in [1.807, 2.05) is 19.9 Å². The van der Waals surface area contributed by atoms with Gasteiger partial charge >= 0.3 is 5.76 Å². The third-order valence-corrected chi connectivity index (χ3v) is 13.8. The molecule has 1 aliphatic heterocycles. The fourth-order valence-electron chi connectivity index (χ4n) is 6.02. The molecule has 1 fully saturated rings. The molecular weight excluding hydrogens is 505 g/mol. The predicted octanol–water partition coefficient (Wildman–Crippen LogP) is 7.22. The maximum Gasteiger partial charge on any atom is 0.439 e. The molecule has 0 aliphatic carbocycles. The second-order valence-electron chi connectivity index (χ2n) is 10.9. The molecule has 0 saturated carbocycles. The molecule has 1 aliphatic rings. The normalized spacial score (nSPS) is 14.9. The van der Waals surface area contributed by atoms with Crippen molar-refractivity contribution in [3.8, 4) is 22.8 Å². The van der Waals surface area contributed by atoms with E-state index in [4.69, 9.17) is 23.1 Å². The van der Waals surface area contributed by atoms with E-state index in [2.05, 4.69) is 46.5 Å². The SMILES string of the molecule is COc1ccc(F)c(-c2nc(=O)oc3c(C)c(C)cc(O[Si](C(C)C)(C(C)C)C(C)C)c23)c1C1OCCO1. The summed E-state index contributed by atoms with van der Waals surface area (Å²) in [6.07, 6.45) is -0.869. The highest BCUT2D eigenvalue weighted by molar-refractivity contribution is 6.78. The Balaban J connectivity index is 2.14. The van der Waals surface area contributed by atoms with Crippen molar-refractivity contribution in [2.45, 2.75) is 78.3 Å². The van der Waals surface area contributed by atoms with E-state index < -0.39 is 26.2 Å². The largest absolute Gasteiger partial charge is 0.542 e. The lowest BCUT2D eigenvalue weighted by atomic mass is 9.96. The van der Waals surface area contributed by atoms with Crippen LogP contribution in [0.5, 0.6) is 11.5 Å². The summed E-state index contributed by atoms with van der Waals surface area (Å²) in [6.45, 7) is 17.7. The summed E-state index contributed by atoms with van der Waals surface area (Å²) in [4.78, 5) is 17.1. The first-order chi connectivity index (χ1) is 17.9. The fourth-order valence-corrected chi connectivity index (χ4v) is 11.3. The van der Waals surface area contributed by atoms with Crippen molar-refractivity contribution in [2.75, 3.05) is 20.3 Å². The highest BCUT2D eigenvalue weighted by Crippen LogP contribution is 2.48. The highest BCUT2D eigenvalue weighted by atomic mass is 28.4. The summed E-state index contributed by atoms with van der Waals surface area (Å²) in [5.41, 5.74) is 3.40. The van der Waals surface area contributed by atoms with Gasteiger partial charge in [0.1, 0.15) is 22.9 Å². The van der Waals surface area contributed by atoms with E-state index in [1.165, 1.54) is 19.2 Å². The zero-order valence-corrected chi connectivity index (χ0v) is 24.7. The van der Waals surface area contributed by atoms with E-state index in [1.54, 1.807) is 0 Å². The van der Waals surface area contributed by atoms with Crippen molar-refractivity contribution in [3.05, 3.63) is 51.3 Å². The van der Waals surface area contributed by atoms with Gasteiger partial charge in [-0.25, -0.2) is 9.18 Å². The van der Waals surface area contributed by atoms with Gasteiger partial charge in [-0.1, -0.05) is 41.5 Å². The first-order valence-corrected chi connectivity index (χ1v) is 15.3. The molecule has 0 bridgehead atoms. The molecule has 2 aromatic carbocycles. The zero-order valence-electron chi connectivity index (χ0n) is 23.7. The Labute approximate surface area is 224 Å². The van der Waals surface area contributed by atoms with Gasteiger partial charge in [0.2, 0.25) is 0 Å². The van der Waals surface area contributed by atoms with Crippen LogP contribution in [0, 0.1) is 19.7 Å². The van der Waals surface area contributed by atoms with Crippen LogP contribution < -0.4 is 14.9 Å². The molecule has 0 spiro atoms. The predicted molar refractivity (Wildman–Crippen MR) is 148 cm³/mol. The Bertz CT molecular complexity index is 1370. The maximum atomic E-state index is 15.8. The number of benzene rings is 2. The van der Waals surface area contributed by atoms with Crippen molar-refractivity contribution in [1.29, 1.82) is 0 Å². The Morgan fingerprint density at radius 1 is 1.00 bits per heavy atom.